The minimum absolute atomic E-state index is 0.164. The van der Waals surface area contributed by atoms with E-state index in [1.54, 1.807) is 0 Å². The second kappa shape index (κ2) is 5.84. The third-order valence-corrected chi connectivity index (χ3v) is 6.06. The Morgan fingerprint density at radius 1 is 1.09 bits per heavy atom. The molecule has 5 nitrogen and oxygen atoms in total. The van der Waals surface area contributed by atoms with Gasteiger partial charge in [0.15, 0.2) is 0 Å². The fourth-order valence-corrected chi connectivity index (χ4v) is 4.99. The van der Waals surface area contributed by atoms with Crippen LogP contribution < -0.4 is 0 Å². The number of hydrogen-bond donors (Lipinski definition) is 0. The molecule has 22 heavy (non-hydrogen) atoms. The summed E-state index contributed by atoms with van der Waals surface area (Å²) in [6, 6.07) is 0.391. The third-order valence-electron chi connectivity index (χ3n) is 6.06. The fourth-order valence-electron chi connectivity index (χ4n) is 4.99. The molecule has 4 aliphatic heterocycles. The lowest BCUT2D eigenvalue weighted by atomic mass is 9.75. The van der Waals surface area contributed by atoms with E-state index in [0.29, 0.717) is 29.7 Å². The van der Waals surface area contributed by atoms with Crippen LogP contribution in [0.25, 0.3) is 0 Å². The van der Waals surface area contributed by atoms with Gasteiger partial charge in [-0.2, -0.15) is 0 Å². The predicted molar refractivity (Wildman–Crippen MR) is 81.1 cm³/mol. The van der Waals surface area contributed by atoms with Gasteiger partial charge in [0.2, 0.25) is 11.8 Å². The van der Waals surface area contributed by atoms with Crippen LogP contribution in [0.3, 0.4) is 0 Å². The number of piperidine rings is 3. The standard InChI is InChI=1S/C17H26N2O3/c20-16-3-1-2-15-14-8-12(10-19(15)16)9-18(11-14)17(21)13-4-6-22-7-5-13/h12-15H,1-11H2/t12?,14?,15-/m1/s1. The molecule has 2 amide bonds. The predicted octanol–water partition coefficient (Wildman–Crippen LogP) is 1.27. The molecular weight excluding hydrogens is 280 g/mol. The third kappa shape index (κ3) is 2.53. The van der Waals surface area contributed by atoms with Crippen LogP contribution in [-0.4, -0.2) is 60.5 Å². The quantitative estimate of drug-likeness (QED) is 0.733. The summed E-state index contributed by atoms with van der Waals surface area (Å²) >= 11 is 0. The molecule has 4 fully saturated rings. The largest absolute Gasteiger partial charge is 0.381 e. The van der Waals surface area contributed by atoms with Crippen molar-refractivity contribution in [2.75, 3.05) is 32.8 Å². The van der Waals surface area contributed by atoms with Gasteiger partial charge in [-0.05, 0) is 43.9 Å². The lowest BCUT2D eigenvalue weighted by molar-refractivity contribution is -0.151. The molecule has 0 N–H and O–H groups in total. The van der Waals surface area contributed by atoms with Crippen molar-refractivity contribution >= 4 is 11.8 Å². The average molecular weight is 306 g/mol. The van der Waals surface area contributed by atoms with Crippen molar-refractivity contribution in [3.05, 3.63) is 0 Å². The zero-order chi connectivity index (χ0) is 15.1. The highest BCUT2D eigenvalue weighted by atomic mass is 16.5. The Morgan fingerprint density at radius 2 is 1.91 bits per heavy atom. The lowest BCUT2D eigenvalue weighted by Crippen LogP contribution is -2.61. The van der Waals surface area contributed by atoms with E-state index in [9.17, 15) is 9.59 Å². The maximum atomic E-state index is 12.8. The van der Waals surface area contributed by atoms with Crippen molar-refractivity contribution < 1.29 is 14.3 Å². The normalized spacial score (nSPS) is 36.2. The molecule has 5 heteroatoms. The number of amides is 2. The molecule has 0 spiro atoms. The van der Waals surface area contributed by atoms with Gasteiger partial charge in [0.1, 0.15) is 0 Å². The second-order valence-electron chi connectivity index (χ2n) is 7.50. The summed E-state index contributed by atoms with van der Waals surface area (Å²) in [4.78, 5) is 29.2. The molecule has 4 saturated heterocycles. The number of carbonyl (C=O) groups excluding carboxylic acids is 2. The molecular formula is C17H26N2O3. The molecule has 0 aromatic heterocycles. The Hall–Kier alpha value is -1.10. The molecule has 0 aromatic carbocycles. The zero-order valence-corrected chi connectivity index (χ0v) is 13.2. The monoisotopic (exact) mass is 306 g/mol. The molecule has 4 heterocycles. The topological polar surface area (TPSA) is 49.9 Å². The maximum Gasteiger partial charge on any atom is 0.225 e. The first kappa shape index (κ1) is 14.5. The number of carbonyl (C=O) groups is 2. The van der Waals surface area contributed by atoms with Crippen LogP contribution in [0, 0.1) is 17.8 Å². The molecule has 4 rings (SSSR count). The van der Waals surface area contributed by atoms with Gasteiger partial charge in [0.05, 0.1) is 0 Å². The summed E-state index contributed by atoms with van der Waals surface area (Å²) in [6.45, 7) is 4.03. The SMILES string of the molecule is O=C(C1CCOCC1)N1CC2CC(C1)[C@H]1CCCC(=O)N1C2. The van der Waals surface area contributed by atoms with Gasteiger partial charge in [-0.15, -0.1) is 0 Å². The van der Waals surface area contributed by atoms with Gasteiger partial charge in [-0.25, -0.2) is 0 Å². The van der Waals surface area contributed by atoms with Gasteiger partial charge in [0.25, 0.3) is 0 Å². The van der Waals surface area contributed by atoms with Gasteiger partial charge in [-0.1, -0.05) is 0 Å². The van der Waals surface area contributed by atoms with Crippen molar-refractivity contribution in [1.29, 1.82) is 0 Å². The Kier molecular flexibility index (Phi) is 3.84. The number of likely N-dealkylation sites (tertiary alicyclic amines) is 1. The zero-order valence-electron chi connectivity index (χ0n) is 13.2. The summed E-state index contributed by atoms with van der Waals surface area (Å²) < 4.78 is 5.38. The number of fused-ring (bicyclic) bond motifs is 4. The Morgan fingerprint density at radius 3 is 2.73 bits per heavy atom. The molecule has 0 saturated carbocycles. The average Bonchev–Trinajstić information content (AvgIpc) is 2.56. The highest BCUT2D eigenvalue weighted by Gasteiger charge is 2.45. The number of ether oxygens (including phenoxy) is 1. The lowest BCUT2D eigenvalue weighted by Gasteiger charge is -2.52. The highest BCUT2D eigenvalue weighted by Crippen LogP contribution is 2.38. The van der Waals surface area contributed by atoms with E-state index in [1.807, 2.05) is 0 Å². The first-order valence-corrected chi connectivity index (χ1v) is 8.88. The Bertz CT molecular complexity index is 461. The van der Waals surface area contributed by atoms with E-state index in [4.69, 9.17) is 4.74 Å². The van der Waals surface area contributed by atoms with Crippen LogP contribution in [0.5, 0.6) is 0 Å². The van der Waals surface area contributed by atoms with E-state index in [2.05, 4.69) is 9.80 Å². The van der Waals surface area contributed by atoms with E-state index < -0.39 is 0 Å². The molecule has 0 aromatic rings. The van der Waals surface area contributed by atoms with Crippen LogP contribution in [0.2, 0.25) is 0 Å². The number of hydrogen-bond acceptors (Lipinski definition) is 3. The molecule has 0 radical (unpaired) electrons. The second-order valence-corrected chi connectivity index (χ2v) is 7.50. The van der Waals surface area contributed by atoms with Gasteiger partial charge < -0.3 is 14.5 Å². The highest BCUT2D eigenvalue weighted by molar-refractivity contribution is 5.79. The van der Waals surface area contributed by atoms with E-state index in [0.717, 1.165) is 65.0 Å². The van der Waals surface area contributed by atoms with E-state index in [-0.39, 0.29) is 5.92 Å². The van der Waals surface area contributed by atoms with Crippen LogP contribution >= 0.6 is 0 Å². The van der Waals surface area contributed by atoms with Crippen LogP contribution in [0.1, 0.15) is 38.5 Å². The minimum atomic E-state index is 0.164. The first-order valence-electron chi connectivity index (χ1n) is 8.88. The van der Waals surface area contributed by atoms with Crippen molar-refractivity contribution in [3.8, 4) is 0 Å². The Balaban J connectivity index is 1.45. The van der Waals surface area contributed by atoms with Crippen molar-refractivity contribution in [3.63, 3.8) is 0 Å². The summed E-state index contributed by atoms with van der Waals surface area (Å²) in [6.07, 6.45) is 5.82. The molecule has 4 aliphatic rings. The molecule has 0 aliphatic carbocycles. The maximum absolute atomic E-state index is 12.8. The minimum Gasteiger partial charge on any atom is -0.381 e. The molecule has 3 atom stereocenters. The number of rotatable bonds is 1. The van der Waals surface area contributed by atoms with Crippen LogP contribution in [0.4, 0.5) is 0 Å². The Labute approximate surface area is 132 Å². The van der Waals surface area contributed by atoms with E-state index >= 15 is 0 Å². The van der Waals surface area contributed by atoms with Crippen molar-refractivity contribution in [2.24, 2.45) is 17.8 Å². The summed E-state index contributed by atoms with van der Waals surface area (Å²) in [7, 11) is 0. The van der Waals surface area contributed by atoms with Crippen molar-refractivity contribution in [1.82, 2.24) is 9.80 Å². The summed E-state index contributed by atoms with van der Waals surface area (Å²) in [5.74, 6) is 1.83. The van der Waals surface area contributed by atoms with Gasteiger partial charge in [-0.3, -0.25) is 9.59 Å². The fraction of sp³-hybridized carbons (Fsp3) is 0.882. The smallest absolute Gasteiger partial charge is 0.225 e. The van der Waals surface area contributed by atoms with Gasteiger partial charge >= 0.3 is 0 Å². The summed E-state index contributed by atoms with van der Waals surface area (Å²) in [5.41, 5.74) is 0. The summed E-state index contributed by atoms with van der Waals surface area (Å²) in [5, 5.41) is 0. The van der Waals surface area contributed by atoms with Gasteiger partial charge in [0, 0.05) is 51.2 Å². The molecule has 2 unspecified atom stereocenters. The molecule has 2 bridgehead atoms. The van der Waals surface area contributed by atoms with Crippen molar-refractivity contribution in [2.45, 2.75) is 44.6 Å². The van der Waals surface area contributed by atoms with E-state index in [1.165, 1.54) is 6.42 Å². The number of nitrogens with zero attached hydrogens (tertiary/aromatic N) is 2. The first-order chi connectivity index (χ1) is 10.7. The van der Waals surface area contributed by atoms with Crippen LogP contribution in [-0.2, 0) is 14.3 Å². The molecule has 122 valence electrons. The van der Waals surface area contributed by atoms with Crippen LogP contribution in [0.15, 0.2) is 0 Å².